The molecule has 2 heterocycles. The van der Waals surface area contributed by atoms with Crippen LogP contribution in [-0.2, 0) is 6.54 Å². The summed E-state index contributed by atoms with van der Waals surface area (Å²) in [7, 11) is 0. The van der Waals surface area contributed by atoms with Gasteiger partial charge in [-0.3, -0.25) is 0 Å². The first-order valence-electron chi connectivity index (χ1n) is 8.29. The van der Waals surface area contributed by atoms with Crippen molar-refractivity contribution in [2.75, 3.05) is 6.54 Å². The monoisotopic (exact) mass is 337 g/mol. The van der Waals surface area contributed by atoms with Crippen molar-refractivity contribution in [2.24, 2.45) is 0 Å². The third-order valence-electron chi connectivity index (χ3n) is 4.65. The maximum absolute atomic E-state index is 14.3. The molecule has 0 saturated heterocycles. The van der Waals surface area contributed by atoms with Gasteiger partial charge in [0.1, 0.15) is 11.6 Å². The molecule has 0 amide bonds. The second kappa shape index (κ2) is 6.69. The third-order valence-corrected chi connectivity index (χ3v) is 4.65. The number of benzene rings is 2. The Hall–Kier alpha value is -2.66. The highest BCUT2D eigenvalue weighted by Crippen LogP contribution is 2.35. The van der Waals surface area contributed by atoms with Gasteiger partial charge in [0.05, 0.1) is 5.69 Å². The Morgan fingerprint density at radius 3 is 2.68 bits per heavy atom. The quantitative estimate of drug-likeness (QED) is 0.767. The Morgan fingerprint density at radius 2 is 1.88 bits per heavy atom. The number of rotatable bonds is 2. The van der Waals surface area contributed by atoms with Gasteiger partial charge in [-0.25, -0.2) is 8.78 Å². The van der Waals surface area contributed by atoms with Gasteiger partial charge in [0.25, 0.3) is 0 Å². The van der Waals surface area contributed by atoms with E-state index in [1.54, 1.807) is 12.3 Å². The van der Waals surface area contributed by atoms with Crippen LogP contribution in [0, 0.1) is 11.6 Å². The summed E-state index contributed by atoms with van der Waals surface area (Å²) in [6.07, 6.45) is 2.40. The number of hydrogen-bond donors (Lipinski definition) is 1. The Bertz CT molecular complexity index is 897. The zero-order chi connectivity index (χ0) is 17.2. The standard InChI is InChI=1S/C20H17F2N3/c21-15-4-6-18(19(22)11-15)17-7-9-23-12-14-10-13(3-5-16(14)17)20-2-1-8-24-25-20/h1-6,8,10-11,17,23H,7,9,12H2. The van der Waals surface area contributed by atoms with E-state index >= 15 is 0 Å². The summed E-state index contributed by atoms with van der Waals surface area (Å²) in [5.74, 6) is -1.14. The molecule has 3 nitrogen and oxygen atoms in total. The summed E-state index contributed by atoms with van der Waals surface area (Å²) in [6.45, 7) is 1.49. The number of aromatic nitrogens is 2. The minimum absolute atomic E-state index is 0.0958. The van der Waals surface area contributed by atoms with Crippen LogP contribution in [-0.4, -0.2) is 16.7 Å². The topological polar surface area (TPSA) is 37.8 Å². The SMILES string of the molecule is Fc1ccc(C2CCNCc3cc(-c4cccnn4)ccc32)c(F)c1. The van der Waals surface area contributed by atoms with Crippen LogP contribution in [0.5, 0.6) is 0 Å². The van der Waals surface area contributed by atoms with Crippen molar-refractivity contribution < 1.29 is 8.78 Å². The molecule has 2 aromatic carbocycles. The van der Waals surface area contributed by atoms with Crippen LogP contribution in [0.3, 0.4) is 0 Å². The van der Waals surface area contributed by atoms with Crippen molar-refractivity contribution in [3.05, 3.63) is 83.1 Å². The Labute approximate surface area is 144 Å². The lowest BCUT2D eigenvalue weighted by molar-refractivity contribution is 0.555. The fourth-order valence-corrected chi connectivity index (χ4v) is 3.45. The highest BCUT2D eigenvalue weighted by molar-refractivity contribution is 5.61. The van der Waals surface area contributed by atoms with E-state index in [-0.39, 0.29) is 5.92 Å². The first kappa shape index (κ1) is 15.8. The van der Waals surface area contributed by atoms with Crippen molar-refractivity contribution in [3.63, 3.8) is 0 Å². The smallest absolute Gasteiger partial charge is 0.129 e. The highest BCUT2D eigenvalue weighted by atomic mass is 19.1. The second-order valence-corrected chi connectivity index (χ2v) is 6.21. The number of nitrogens with one attached hydrogen (secondary N) is 1. The first-order valence-corrected chi connectivity index (χ1v) is 8.29. The molecule has 3 aromatic rings. The van der Waals surface area contributed by atoms with E-state index in [1.807, 2.05) is 24.3 Å². The molecule has 1 atom stereocenters. The molecule has 25 heavy (non-hydrogen) atoms. The first-order chi connectivity index (χ1) is 12.2. The van der Waals surface area contributed by atoms with Gasteiger partial charge in [-0.1, -0.05) is 18.2 Å². The van der Waals surface area contributed by atoms with E-state index in [2.05, 4.69) is 21.6 Å². The maximum atomic E-state index is 14.3. The van der Waals surface area contributed by atoms with E-state index < -0.39 is 11.6 Å². The summed E-state index contributed by atoms with van der Waals surface area (Å²) < 4.78 is 27.6. The van der Waals surface area contributed by atoms with E-state index in [0.29, 0.717) is 12.1 Å². The minimum Gasteiger partial charge on any atom is -0.313 e. The molecule has 0 radical (unpaired) electrons. The van der Waals surface area contributed by atoms with Crippen LogP contribution in [0.4, 0.5) is 8.78 Å². The summed E-state index contributed by atoms with van der Waals surface area (Å²) >= 11 is 0. The zero-order valence-corrected chi connectivity index (χ0v) is 13.5. The van der Waals surface area contributed by atoms with Crippen LogP contribution in [0.25, 0.3) is 11.3 Å². The molecule has 1 aliphatic heterocycles. The third kappa shape index (κ3) is 3.15. The second-order valence-electron chi connectivity index (χ2n) is 6.21. The van der Waals surface area contributed by atoms with E-state index in [0.717, 1.165) is 41.4 Å². The summed E-state index contributed by atoms with van der Waals surface area (Å²) in [5.41, 5.74) is 4.50. The van der Waals surface area contributed by atoms with Crippen LogP contribution < -0.4 is 5.32 Å². The van der Waals surface area contributed by atoms with Crippen molar-refractivity contribution in [2.45, 2.75) is 18.9 Å². The van der Waals surface area contributed by atoms with Gasteiger partial charge in [0, 0.05) is 30.3 Å². The lowest BCUT2D eigenvalue weighted by Gasteiger charge is -2.19. The average Bonchev–Trinajstić information content (AvgIpc) is 2.84. The normalized spacial score (nSPS) is 17.0. The van der Waals surface area contributed by atoms with Crippen LogP contribution in [0.15, 0.2) is 54.7 Å². The number of hydrogen-bond acceptors (Lipinski definition) is 3. The minimum atomic E-state index is -0.550. The van der Waals surface area contributed by atoms with Gasteiger partial charge < -0.3 is 5.32 Å². The largest absolute Gasteiger partial charge is 0.313 e. The highest BCUT2D eigenvalue weighted by Gasteiger charge is 2.23. The van der Waals surface area contributed by atoms with Crippen LogP contribution in [0.2, 0.25) is 0 Å². The zero-order valence-electron chi connectivity index (χ0n) is 13.5. The Balaban J connectivity index is 1.78. The lowest BCUT2D eigenvalue weighted by Crippen LogP contribution is -2.12. The Morgan fingerprint density at radius 1 is 1.00 bits per heavy atom. The maximum Gasteiger partial charge on any atom is 0.129 e. The Kier molecular flexibility index (Phi) is 4.24. The number of halogens is 2. The van der Waals surface area contributed by atoms with Gasteiger partial charge in [-0.05, 0) is 53.9 Å². The van der Waals surface area contributed by atoms with Crippen molar-refractivity contribution in [3.8, 4) is 11.3 Å². The van der Waals surface area contributed by atoms with Gasteiger partial charge >= 0.3 is 0 Å². The van der Waals surface area contributed by atoms with Gasteiger partial charge in [0.15, 0.2) is 0 Å². The van der Waals surface area contributed by atoms with Gasteiger partial charge in [0.2, 0.25) is 0 Å². The fraction of sp³-hybridized carbons (Fsp3) is 0.200. The molecule has 4 rings (SSSR count). The number of nitrogens with zero attached hydrogens (tertiary/aromatic N) is 2. The molecule has 0 spiro atoms. The molecule has 0 saturated carbocycles. The van der Waals surface area contributed by atoms with Gasteiger partial charge in [-0.2, -0.15) is 10.2 Å². The van der Waals surface area contributed by atoms with Crippen molar-refractivity contribution in [1.82, 2.24) is 15.5 Å². The van der Waals surface area contributed by atoms with Crippen molar-refractivity contribution in [1.29, 1.82) is 0 Å². The van der Waals surface area contributed by atoms with E-state index in [4.69, 9.17) is 0 Å². The predicted molar refractivity (Wildman–Crippen MR) is 92.0 cm³/mol. The van der Waals surface area contributed by atoms with Crippen LogP contribution >= 0.6 is 0 Å². The summed E-state index contributed by atoms with van der Waals surface area (Å²) in [4.78, 5) is 0. The average molecular weight is 337 g/mol. The van der Waals surface area contributed by atoms with Crippen LogP contribution in [0.1, 0.15) is 29.0 Å². The molecule has 1 aliphatic rings. The molecule has 1 aromatic heterocycles. The predicted octanol–water partition coefficient (Wildman–Crippen LogP) is 4.05. The molecule has 0 aliphatic carbocycles. The van der Waals surface area contributed by atoms with E-state index in [9.17, 15) is 8.78 Å². The molecule has 0 fully saturated rings. The molecule has 5 heteroatoms. The molecule has 1 unspecified atom stereocenters. The summed E-state index contributed by atoms with van der Waals surface area (Å²) in [6, 6.07) is 13.7. The molecular formula is C20H17F2N3. The molecular weight excluding hydrogens is 320 g/mol. The molecule has 0 bridgehead atoms. The number of fused-ring (bicyclic) bond motifs is 1. The fourth-order valence-electron chi connectivity index (χ4n) is 3.45. The van der Waals surface area contributed by atoms with Crippen molar-refractivity contribution >= 4 is 0 Å². The molecule has 126 valence electrons. The molecule has 1 N–H and O–H groups in total. The summed E-state index contributed by atoms with van der Waals surface area (Å²) in [5, 5.41) is 11.5. The van der Waals surface area contributed by atoms with Gasteiger partial charge in [-0.15, -0.1) is 0 Å². The van der Waals surface area contributed by atoms with E-state index in [1.165, 1.54) is 6.07 Å². The lowest BCUT2D eigenvalue weighted by atomic mass is 9.85.